The zero-order chi connectivity index (χ0) is 17.2. The van der Waals surface area contributed by atoms with Crippen molar-refractivity contribution in [3.05, 3.63) is 29.3 Å². The minimum Gasteiger partial charge on any atom is -0.508 e. The molecule has 0 saturated carbocycles. The van der Waals surface area contributed by atoms with E-state index >= 15 is 0 Å². The summed E-state index contributed by atoms with van der Waals surface area (Å²) in [5.74, 6) is 0.345. The second kappa shape index (κ2) is 7.01. The molecule has 3 rings (SSSR count). The van der Waals surface area contributed by atoms with E-state index in [1.54, 1.807) is 13.2 Å². The summed E-state index contributed by atoms with van der Waals surface area (Å²) in [6.45, 7) is 3.61. The third-order valence-electron chi connectivity index (χ3n) is 5.60. The summed E-state index contributed by atoms with van der Waals surface area (Å²) in [4.78, 5) is 14.6. The number of aromatic hydroxyl groups is 1. The molecule has 0 spiro atoms. The van der Waals surface area contributed by atoms with Crippen molar-refractivity contribution in [1.29, 1.82) is 0 Å². The number of hydrogen-bond donors (Lipinski definition) is 2. The standard InChI is InChI=1S/C19H28N2O3/c1-19(24-2)10-5-12-21(13-11-19)18(23)20-16-8-3-7-15-14(16)6-4-9-17(15)22/h4,6,9,16,22H,3,5,7-8,10-13H2,1-2H3,(H,20,23)/t16-,19+/m1/s1. The number of phenolic OH excluding ortho intramolecular Hbond substituents is 1. The van der Waals surface area contributed by atoms with Crippen molar-refractivity contribution in [3.63, 3.8) is 0 Å². The maximum Gasteiger partial charge on any atom is 0.317 e. The summed E-state index contributed by atoms with van der Waals surface area (Å²) in [6.07, 6.45) is 5.58. The third kappa shape index (κ3) is 3.51. The number of hydrogen-bond acceptors (Lipinski definition) is 3. The summed E-state index contributed by atoms with van der Waals surface area (Å²) >= 11 is 0. The fourth-order valence-electron chi connectivity index (χ4n) is 3.88. The minimum atomic E-state index is -0.127. The van der Waals surface area contributed by atoms with Crippen LogP contribution < -0.4 is 5.32 Å². The Morgan fingerprint density at radius 2 is 2.17 bits per heavy atom. The van der Waals surface area contributed by atoms with Crippen LogP contribution in [-0.4, -0.2) is 41.8 Å². The molecule has 2 atom stereocenters. The molecule has 24 heavy (non-hydrogen) atoms. The van der Waals surface area contributed by atoms with E-state index < -0.39 is 0 Å². The van der Waals surface area contributed by atoms with Gasteiger partial charge in [0.1, 0.15) is 5.75 Å². The lowest BCUT2D eigenvalue weighted by molar-refractivity contribution is -0.00501. The van der Waals surface area contributed by atoms with E-state index in [0.29, 0.717) is 5.75 Å². The van der Waals surface area contributed by atoms with Crippen molar-refractivity contribution in [1.82, 2.24) is 10.2 Å². The first-order valence-electron chi connectivity index (χ1n) is 8.94. The summed E-state index contributed by atoms with van der Waals surface area (Å²) in [5, 5.41) is 13.2. The van der Waals surface area contributed by atoms with Crippen LogP contribution in [-0.2, 0) is 11.2 Å². The van der Waals surface area contributed by atoms with E-state index in [0.717, 1.165) is 62.7 Å². The smallest absolute Gasteiger partial charge is 0.317 e. The zero-order valence-electron chi connectivity index (χ0n) is 14.7. The molecule has 1 fully saturated rings. The molecule has 5 heteroatoms. The lowest BCUT2D eigenvalue weighted by atomic mass is 9.87. The van der Waals surface area contributed by atoms with Crippen LogP contribution in [0.2, 0.25) is 0 Å². The number of nitrogens with zero attached hydrogens (tertiary/aromatic N) is 1. The van der Waals surface area contributed by atoms with Crippen LogP contribution in [0.4, 0.5) is 4.79 Å². The Kier molecular flexibility index (Phi) is 4.99. The molecule has 1 aliphatic heterocycles. The third-order valence-corrected chi connectivity index (χ3v) is 5.60. The second-order valence-electron chi connectivity index (χ2n) is 7.23. The van der Waals surface area contributed by atoms with Crippen LogP contribution >= 0.6 is 0 Å². The normalized spacial score (nSPS) is 27.2. The van der Waals surface area contributed by atoms with E-state index in [9.17, 15) is 9.90 Å². The summed E-state index contributed by atoms with van der Waals surface area (Å²) in [5.41, 5.74) is 1.92. The molecular weight excluding hydrogens is 304 g/mol. The van der Waals surface area contributed by atoms with Gasteiger partial charge in [-0.05, 0) is 62.6 Å². The molecule has 2 N–H and O–H groups in total. The van der Waals surface area contributed by atoms with Crippen molar-refractivity contribution in [3.8, 4) is 5.75 Å². The van der Waals surface area contributed by atoms with Gasteiger partial charge in [0.15, 0.2) is 0 Å². The van der Waals surface area contributed by atoms with Crippen molar-refractivity contribution < 1.29 is 14.6 Å². The number of carbonyl (C=O) groups is 1. The Labute approximate surface area is 144 Å². The van der Waals surface area contributed by atoms with Crippen LogP contribution in [0.5, 0.6) is 5.75 Å². The highest BCUT2D eigenvalue weighted by atomic mass is 16.5. The van der Waals surface area contributed by atoms with Gasteiger partial charge in [-0.15, -0.1) is 0 Å². The van der Waals surface area contributed by atoms with E-state index in [1.165, 1.54) is 0 Å². The number of amides is 2. The van der Waals surface area contributed by atoms with Crippen molar-refractivity contribution in [2.24, 2.45) is 0 Å². The Balaban J connectivity index is 1.67. The van der Waals surface area contributed by atoms with Crippen LogP contribution in [0.1, 0.15) is 56.2 Å². The topological polar surface area (TPSA) is 61.8 Å². The fraction of sp³-hybridized carbons (Fsp3) is 0.632. The van der Waals surface area contributed by atoms with Gasteiger partial charge < -0.3 is 20.1 Å². The number of methoxy groups -OCH3 is 1. The predicted molar refractivity (Wildman–Crippen MR) is 93.2 cm³/mol. The number of rotatable bonds is 2. The second-order valence-corrected chi connectivity index (χ2v) is 7.23. The highest BCUT2D eigenvalue weighted by Gasteiger charge is 2.30. The zero-order valence-corrected chi connectivity index (χ0v) is 14.7. The molecule has 1 aliphatic carbocycles. The highest BCUT2D eigenvalue weighted by molar-refractivity contribution is 5.75. The maximum absolute atomic E-state index is 12.7. The van der Waals surface area contributed by atoms with Gasteiger partial charge in [-0.1, -0.05) is 12.1 Å². The lowest BCUT2D eigenvalue weighted by Crippen LogP contribution is -2.43. The Bertz CT molecular complexity index is 604. The minimum absolute atomic E-state index is 0.00320. The van der Waals surface area contributed by atoms with Gasteiger partial charge in [-0.2, -0.15) is 0 Å². The van der Waals surface area contributed by atoms with E-state index in [2.05, 4.69) is 12.2 Å². The number of likely N-dealkylation sites (tertiary alicyclic amines) is 1. The van der Waals surface area contributed by atoms with Crippen LogP contribution in [0.25, 0.3) is 0 Å². The Hall–Kier alpha value is -1.75. The Morgan fingerprint density at radius 1 is 1.33 bits per heavy atom. The monoisotopic (exact) mass is 332 g/mol. The molecule has 5 nitrogen and oxygen atoms in total. The van der Waals surface area contributed by atoms with Gasteiger partial charge in [0.25, 0.3) is 0 Å². The molecule has 0 unspecified atom stereocenters. The number of fused-ring (bicyclic) bond motifs is 1. The number of ether oxygens (including phenoxy) is 1. The van der Waals surface area contributed by atoms with E-state index in [1.807, 2.05) is 17.0 Å². The number of urea groups is 1. The fourth-order valence-corrected chi connectivity index (χ4v) is 3.88. The quantitative estimate of drug-likeness (QED) is 0.873. The summed E-state index contributed by atoms with van der Waals surface area (Å²) in [6, 6.07) is 5.59. The van der Waals surface area contributed by atoms with Gasteiger partial charge >= 0.3 is 6.03 Å². The largest absolute Gasteiger partial charge is 0.508 e. The van der Waals surface area contributed by atoms with E-state index in [-0.39, 0.29) is 17.7 Å². The summed E-state index contributed by atoms with van der Waals surface area (Å²) in [7, 11) is 1.75. The molecule has 0 aromatic heterocycles. The summed E-state index contributed by atoms with van der Waals surface area (Å²) < 4.78 is 5.61. The Morgan fingerprint density at radius 3 is 2.96 bits per heavy atom. The number of nitrogens with one attached hydrogen (secondary N) is 1. The van der Waals surface area contributed by atoms with E-state index in [4.69, 9.17) is 4.74 Å². The predicted octanol–water partition coefficient (Wildman–Crippen LogP) is 3.37. The average molecular weight is 332 g/mol. The first-order chi connectivity index (χ1) is 11.5. The molecule has 2 amide bonds. The van der Waals surface area contributed by atoms with Crippen molar-refractivity contribution in [2.45, 2.75) is 57.1 Å². The molecule has 1 aromatic rings. The van der Waals surface area contributed by atoms with Crippen LogP contribution in [0.15, 0.2) is 18.2 Å². The van der Waals surface area contributed by atoms with Gasteiger partial charge in [0.05, 0.1) is 11.6 Å². The van der Waals surface area contributed by atoms with Gasteiger partial charge in [-0.3, -0.25) is 0 Å². The molecule has 132 valence electrons. The van der Waals surface area contributed by atoms with Crippen molar-refractivity contribution in [2.75, 3.05) is 20.2 Å². The molecular formula is C19H28N2O3. The van der Waals surface area contributed by atoms with Gasteiger partial charge in [-0.25, -0.2) is 4.79 Å². The van der Waals surface area contributed by atoms with Crippen LogP contribution in [0.3, 0.4) is 0 Å². The van der Waals surface area contributed by atoms with Gasteiger partial charge in [0.2, 0.25) is 0 Å². The average Bonchev–Trinajstić information content (AvgIpc) is 2.78. The molecule has 0 radical (unpaired) electrons. The molecule has 2 aliphatic rings. The molecule has 1 aromatic carbocycles. The number of phenols is 1. The molecule has 1 saturated heterocycles. The maximum atomic E-state index is 12.7. The molecule has 0 bridgehead atoms. The number of carbonyl (C=O) groups excluding carboxylic acids is 1. The molecule has 1 heterocycles. The first-order valence-corrected chi connectivity index (χ1v) is 8.94. The number of benzene rings is 1. The lowest BCUT2D eigenvalue weighted by Gasteiger charge is -2.30. The van der Waals surface area contributed by atoms with Gasteiger partial charge in [0, 0.05) is 20.2 Å². The SMILES string of the molecule is CO[C@@]1(C)CCCN(C(=O)N[C@@H]2CCCc3c(O)cccc32)CC1. The first kappa shape index (κ1) is 17.1. The van der Waals surface area contributed by atoms with Crippen LogP contribution in [0, 0.1) is 0 Å². The highest BCUT2D eigenvalue weighted by Crippen LogP contribution is 2.35. The van der Waals surface area contributed by atoms with Crippen molar-refractivity contribution >= 4 is 6.03 Å².